The van der Waals surface area contributed by atoms with Gasteiger partial charge in [-0.1, -0.05) is 25.1 Å². The zero-order valence-electron chi connectivity index (χ0n) is 14.7. The van der Waals surface area contributed by atoms with Crippen molar-refractivity contribution in [3.63, 3.8) is 0 Å². The Labute approximate surface area is 151 Å². The highest BCUT2D eigenvalue weighted by atomic mass is 16.5. The summed E-state index contributed by atoms with van der Waals surface area (Å²) in [5.41, 5.74) is 1.73. The van der Waals surface area contributed by atoms with Crippen LogP contribution in [0, 0.1) is 0 Å². The summed E-state index contributed by atoms with van der Waals surface area (Å²) in [5, 5.41) is 3.99. The van der Waals surface area contributed by atoms with Crippen LogP contribution in [-0.4, -0.2) is 34.8 Å². The van der Waals surface area contributed by atoms with Gasteiger partial charge in [0.25, 0.3) is 11.5 Å². The van der Waals surface area contributed by atoms with Gasteiger partial charge in [0, 0.05) is 24.8 Å². The van der Waals surface area contributed by atoms with Gasteiger partial charge in [0.05, 0.1) is 0 Å². The molecule has 0 aliphatic carbocycles. The summed E-state index contributed by atoms with van der Waals surface area (Å²) in [4.78, 5) is 38.0. The van der Waals surface area contributed by atoms with Crippen LogP contribution in [0.3, 0.4) is 0 Å². The van der Waals surface area contributed by atoms with Crippen LogP contribution >= 0.6 is 0 Å². The second-order valence-corrected chi connectivity index (χ2v) is 6.13. The van der Waals surface area contributed by atoms with Crippen molar-refractivity contribution in [3.05, 3.63) is 58.0 Å². The number of hydrogen-bond donors (Lipinski definition) is 0. The van der Waals surface area contributed by atoms with Crippen LogP contribution in [0.2, 0.25) is 0 Å². The van der Waals surface area contributed by atoms with Gasteiger partial charge in [0.2, 0.25) is 0 Å². The average Bonchev–Trinajstić information content (AvgIpc) is 2.67. The van der Waals surface area contributed by atoms with Crippen molar-refractivity contribution in [2.75, 3.05) is 18.1 Å². The number of fused-ring (bicyclic) bond motifs is 1. The van der Waals surface area contributed by atoms with Crippen LogP contribution in [0.15, 0.2) is 41.2 Å². The van der Waals surface area contributed by atoms with Crippen molar-refractivity contribution in [3.8, 4) is 0 Å². The molecule has 0 fully saturated rings. The second-order valence-electron chi connectivity index (χ2n) is 6.13. The Balaban J connectivity index is 1.66. The van der Waals surface area contributed by atoms with Gasteiger partial charge in [0.1, 0.15) is 0 Å². The van der Waals surface area contributed by atoms with E-state index in [4.69, 9.17) is 4.74 Å². The Morgan fingerprint density at radius 3 is 2.81 bits per heavy atom. The Hall–Kier alpha value is -2.96. The maximum atomic E-state index is 12.5. The number of carbonyl (C=O) groups is 2. The van der Waals surface area contributed by atoms with Crippen LogP contribution in [0.4, 0.5) is 5.69 Å². The largest absolute Gasteiger partial charge is 0.451 e. The lowest BCUT2D eigenvalue weighted by Gasteiger charge is -2.29. The van der Waals surface area contributed by atoms with Gasteiger partial charge in [-0.2, -0.15) is 5.10 Å². The predicted molar refractivity (Wildman–Crippen MR) is 96.2 cm³/mol. The number of nitrogens with zero attached hydrogens (tertiary/aromatic N) is 3. The fourth-order valence-corrected chi connectivity index (χ4v) is 3.00. The molecule has 0 spiro atoms. The normalized spacial score (nSPS) is 13.2. The number of aryl methyl sites for hydroxylation is 2. The summed E-state index contributed by atoms with van der Waals surface area (Å²) >= 11 is 0. The molecule has 3 rings (SSSR count). The molecule has 0 radical (unpaired) electrons. The molecular weight excluding hydrogens is 334 g/mol. The Bertz CT molecular complexity index is 875. The van der Waals surface area contributed by atoms with Gasteiger partial charge in [-0.15, -0.1) is 0 Å². The van der Waals surface area contributed by atoms with E-state index in [1.165, 1.54) is 16.8 Å². The molecule has 7 nitrogen and oxygen atoms in total. The minimum absolute atomic E-state index is 0.0184. The first-order chi connectivity index (χ1) is 12.6. The number of benzene rings is 1. The molecular formula is C19H21N3O4. The third kappa shape index (κ3) is 3.82. The van der Waals surface area contributed by atoms with Crippen molar-refractivity contribution in [1.82, 2.24) is 9.78 Å². The lowest BCUT2D eigenvalue weighted by Crippen LogP contribution is -2.38. The quantitative estimate of drug-likeness (QED) is 0.764. The highest BCUT2D eigenvalue weighted by molar-refractivity contribution is 5.97. The van der Waals surface area contributed by atoms with Crippen LogP contribution in [0.25, 0.3) is 0 Å². The summed E-state index contributed by atoms with van der Waals surface area (Å²) in [5.74, 6) is -0.985. The summed E-state index contributed by atoms with van der Waals surface area (Å²) in [6.45, 7) is 2.58. The van der Waals surface area contributed by atoms with E-state index in [0.29, 0.717) is 13.1 Å². The van der Waals surface area contributed by atoms with E-state index >= 15 is 0 Å². The molecule has 0 N–H and O–H groups in total. The van der Waals surface area contributed by atoms with Gasteiger partial charge in [-0.3, -0.25) is 9.59 Å². The van der Waals surface area contributed by atoms with E-state index in [1.54, 1.807) is 4.90 Å². The minimum atomic E-state index is -0.714. The van der Waals surface area contributed by atoms with Gasteiger partial charge in [-0.25, -0.2) is 9.48 Å². The molecule has 0 atom stereocenters. The van der Waals surface area contributed by atoms with Crippen molar-refractivity contribution in [1.29, 1.82) is 0 Å². The Kier molecular flexibility index (Phi) is 5.46. The van der Waals surface area contributed by atoms with Crippen LogP contribution in [0.1, 0.15) is 35.8 Å². The first-order valence-electron chi connectivity index (χ1n) is 8.73. The summed E-state index contributed by atoms with van der Waals surface area (Å²) < 4.78 is 6.34. The SMILES string of the molecule is CCCn1nc(C(=O)OCC(=O)N2CCCc3ccccc32)ccc1=O. The fraction of sp³-hybridized carbons (Fsp3) is 0.368. The summed E-state index contributed by atoms with van der Waals surface area (Å²) in [6.07, 6.45) is 2.53. The minimum Gasteiger partial charge on any atom is -0.451 e. The maximum Gasteiger partial charge on any atom is 0.359 e. The Morgan fingerprint density at radius 2 is 2.00 bits per heavy atom. The van der Waals surface area contributed by atoms with E-state index in [-0.39, 0.29) is 23.8 Å². The standard InChI is InChI=1S/C19H21N3O4/c1-2-11-22-17(23)10-9-15(20-22)19(25)26-13-18(24)21-12-5-7-14-6-3-4-8-16(14)21/h3-4,6,8-10H,2,5,7,11-13H2,1H3. The van der Waals surface area contributed by atoms with E-state index in [0.717, 1.165) is 30.5 Å². The molecule has 0 bridgehead atoms. The van der Waals surface area contributed by atoms with Crippen molar-refractivity contribution in [2.45, 2.75) is 32.7 Å². The van der Waals surface area contributed by atoms with Crippen molar-refractivity contribution >= 4 is 17.6 Å². The van der Waals surface area contributed by atoms with E-state index in [2.05, 4.69) is 5.10 Å². The monoisotopic (exact) mass is 355 g/mol. The molecule has 1 aliphatic rings. The van der Waals surface area contributed by atoms with Crippen LogP contribution in [0.5, 0.6) is 0 Å². The number of amides is 1. The first-order valence-corrected chi connectivity index (χ1v) is 8.73. The Morgan fingerprint density at radius 1 is 1.19 bits per heavy atom. The number of esters is 1. The molecule has 7 heteroatoms. The van der Waals surface area contributed by atoms with Crippen LogP contribution < -0.4 is 10.5 Å². The molecule has 0 saturated heterocycles. The first kappa shape index (κ1) is 17.8. The highest BCUT2D eigenvalue weighted by Gasteiger charge is 2.23. The number of ether oxygens (including phenoxy) is 1. The zero-order chi connectivity index (χ0) is 18.5. The topological polar surface area (TPSA) is 81.5 Å². The molecule has 0 saturated carbocycles. The molecule has 1 aromatic heterocycles. The lowest BCUT2D eigenvalue weighted by molar-refractivity contribution is -0.121. The fourth-order valence-electron chi connectivity index (χ4n) is 3.00. The third-order valence-corrected chi connectivity index (χ3v) is 4.25. The molecule has 2 heterocycles. The van der Waals surface area contributed by atoms with Crippen LogP contribution in [-0.2, 0) is 22.5 Å². The van der Waals surface area contributed by atoms with E-state index in [1.807, 2.05) is 31.2 Å². The molecule has 1 aromatic carbocycles. The molecule has 136 valence electrons. The molecule has 2 aromatic rings. The van der Waals surface area contributed by atoms with Gasteiger partial charge < -0.3 is 9.64 Å². The van der Waals surface area contributed by atoms with Gasteiger partial charge in [0.15, 0.2) is 12.3 Å². The summed E-state index contributed by atoms with van der Waals surface area (Å²) in [6, 6.07) is 10.3. The van der Waals surface area contributed by atoms with Gasteiger partial charge in [-0.05, 0) is 37.0 Å². The highest BCUT2D eigenvalue weighted by Crippen LogP contribution is 2.26. The predicted octanol–water partition coefficient (Wildman–Crippen LogP) is 1.79. The maximum absolute atomic E-state index is 12.5. The smallest absolute Gasteiger partial charge is 0.359 e. The molecule has 0 unspecified atom stereocenters. The molecule has 1 amide bonds. The number of aromatic nitrogens is 2. The number of carbonyl (C=O) groups excluding carboxylic acids is 2. The van der Waals surface area contributed by atoms with Gasteiger partial charge >= 0.3 is 5.97 Å². The van der Waals surface area contributed by atoms with Crippen molar-refractivity contribution in [2.24, 2.45) is 0 Å². The third-order valence-electron chi connectivity index (χ3n) is 4.25. The average molecular weight is 355 g/mol. The zero-order valence-corrected chi connectivity index (χ0v) is 14.7. The number of anilines is 1. The lowest BCUT2D eigenvalue weighted by atomic mass is 10.0. The number of hydrogen-bond acceptors (Lipinski definition) is 5. The summed E-state index contributed by atoms with van der Waals surface area (Å²) in [7, 11) is 0. The number of rotatable bonds is 5. The van der Waals surface area contributed by atoms with E-state index in [9.17, 15) is 14.4 Å². The van der Waals surface area contributed by atoms with Crippen molar-refractivity contribution < 1.29 is 14.3 Å². The van der Waals surface area contributed by atoms with E-state index < -0.39 is 5.97 Å². The number of para-hydroxylation sites is 1. The molecule has 1 aliphatic heterocycles. The molecule has 26 heavy (non-hydrogen) atoms. The second kappa shape index (κ2) is 7.95.